The molecule has 29 heavy (non-hydrogen) atoms. The second-order valence-corrected chi connectivity index (χ2v) is 7.55. The number of quaternary nitrogens is 1. The van der Waals surface area contributed by atoms with E-state index in [1.54, 1.807) is 42.5 Å². The van der Waals surface area contributed by atoms with Gasteiger partial charge in [-0.15, -0.1) is 11.3 Å². The number of nitrogens with zero attached hydrogens (tertiary/aromatic N) is 1. The van der Waals surface area contributed by atoms with Crippen LogP contribution in [0.25, 0.3) is 33.0 Å². The molecule has 1 aromatic heterocycles. The van der Waals surface area contributed by atoms with Crippen LogP contribution in [0.4, 0.5) is 5.69 Å². The largest absolute Gasteiger partial charge is 0.630 e. The number of rotatable bonds is 5. The lowest BCUT2D eigenvalue weighted by molar-refractivity contribution is -0.496. The minimum Gasteiger partial charge on any atom is -0.630 e. The standard InChI is InChI=1S/C22H15ClN2O3S/c23-18-7-3-1-6-16(18)20-12-29-21(24-20)13-9-10-14(17(11-13)22(26)27)15-5-2-4-8-19(15)25-28/h1-12H,25H2,(H,26,27). The van der Waals surface area contributed by atoms with Crippen molar-refractivity contribution in [1.82, 2.24) is 4.98 Å². The van der Waals surface area contributed by atoms with Gasteiger partial charge in [0, 0.05) is 32.7 Å². The molecule has 0 fully saturated rings. The number of carbonyl (C=O) groups is 1. The summed E-state index contributed by atoms with van der Waals surface area (Å²) in [6, 6.07) is 19.5. The highest BCUT2D eigenvalue weighted by Gasteiger charge is 2.18. The van der Waals surface area contributed by atoms with Crippen molar-refractivity contribution >= 4 is 34.6 Å². The molecule has 0 amide bonds. The van der Waals surface area contributed by atoms with Gasteiger partial charge in [-0.25, -0.2) is 9.78 Å². The Morgan fingerprint density at radius 1 is 1.00 bits per heavy atom. The van der Waals surface area contributed by atoms with Crippen molar-refractivity contribution in [1.29, 1.82) is 0 Å². The average molecular weight is 423 g/mol. The van der Waals surface area contributed by atoms with Gasteiger partial charge in [-0.3, -0.25) is 0 Å². The predicted molar refractivity (Wildman–Crippen MR) is 115 cm³/mol. The van der Waals surface area contributed by atoms with Crippen LogP contribution in [0.5, 0.6) is 0 Å². The Kier molecular flexibility index (Phi) is 5.42. The molecule has 0 aliphatic rings. The van der Waals surface area contributed by atoms with Gasteiger partial charge in [0.15, 0.2) is 0 Å². The zero-order valence-corrected chi connectivity index (χ0v) is 16.6. The maximum atomic E-state index is 11.9. The molecule has 0 aliphatic carbocycles. The van der Waals surface area contributed by atoms with Gasteiger partial charge >= 0.3 is 5.97 Å². The zero-order chi connectivity index (χ0) is 20.4. The molecule has 3 N–H and O–H groups in total. The molecule has 4 aromatic rings. The van der Waals surface area contributed by atoms with E-state index in [-0.39, 0.29) is 5.56 Å². The van der Waals surface area contributed by atoms with Gasteiger partial charge in [0.25, 0.3) is 0 Å². The Bertz CT molecular complexity index is 1210. The quantitative estimate of drug-likeness (QED) is 0.342. The number of benzene rings is 3. The van der Waals surface area contributed by atoms with Gasteiger partial charge in [0.1, 0.15) is 10.7 Å². The molecule has 0 atom stereocenters. The molecule has 0 saturated carbocycles. The van der Waals surface area contributed by atoms with Crippen LogP contribution >= 0.6 is 22.9 Å². The van der Waals surface area contributed by atoms with E-state index < -0.39 is 5.97 Å². The first-order valence-corrected chi connectivity index (χ1v) is 9.97. The van der Waals surface area contributed by atoms with Crippen molar-refractivity contribution in [2.45, 2.75) is 0 Å². The van der Waals surface area contributed by atoms with Crippen molar-refractivity contribution in [3.8, 4) is 33.0 Å². The third-order valence-electron chi connectivity index (χ3n) is 4.53. The Morgan fingerprint density at radius 2 is 1.72 bits per heavy atom. The van der Waals surface area contributed by atoms with E-state index in [9.17, 15) is 15.1 Å². The fourth-order valence-corrected chi connectivity index (χ4v) is 4.18. The Hall–Kier alpha value is -3.03. The number of halogens is 1. The highest BCUT2D eigenvalue weighted by atomic mass is 35.5. The van der Waals surface area contributed by atoms with Crippen molar-refractivity contribution in [2.75, 3.05) is 0 Å². The third-order valence-corrected chi connectivity index (χ3v) is 5.75. The van der Waals surface area contributed by atoms with Crippen molar-refractivity contribution in [2.24, 2.45) is 0 Å². The molecular formula is C22H15ClN2O3S. The summed E-state index contributed by atoms with van der Waals surface area (Å²) in [6.07, 6.45) is 0. The minimum atomic E-state index is -1.06. The lowest BCUT2D eigenvalue weighted by Gasteiger charge is -2.12. The van der Waals surface area contributed by atoms with Gasteiger partial charge < -0.3 is 15.8 Å². The number of hydrogen-bond acceptors (Lipinski definition) is 4. The lowest BCUT2D eigenvalue weighted by atomic mass is 9.96. The van der Waals surface area contributed by atoms with Crippen molar-refractivity contribution < 1.29 is 15.4 Å². The Morgan fingerprint density at radius 3 is 2.45 bits per heavy atom. The first-order chi connectivity index (χ1) is 14.1. The van der Waals surface area contributed by atoms with Crippen LogP contribution in [0.1, 0.15) is 10.4 Å². The normalized spacial score (nSPS) is 10.8. The molecule has 0 unspecified atom stereocenters. The number of hydrogen-bond donors (Lipinski definition) is 2. The number of thiazole rings is 1. The zero-order valence-electron chi connectivity index (χ0n) is 15.0. The second kappa shape index (κ2) is 8.14. The van der Waals surface area contributed by atoms with Gasteiger partial charge in [0.05, 0.1) is 11.3 Å². The molecule has 144 valence electrons. The Balaban J connectivity index is 1.78. The van der Waals surface area contributed by atoms with Gasteiger partial charge in [-0.1, -0.05) is 54.1 Å². The van der Waals surface area contributed by atoms with Crippen LogP contribution in [-0.4, -0.2) is 16.1 Å². The second-order valence-electron chi connectivity index (χ2n) is 6.29. The average Bonchev–Trinajstić information content (AvgIpc) is 3.23. The number of nitrogens with two attached hydrogens (primary N) is 1. The first-order valence-electron chi connectivity index (χ1n) is 8.71. The first kappa shape index (κ1) is 19.3. The third kappa shape index (κ3) is 3.79. The van der Waals surface area contributed by atoms with E-state index >= 15 is 0 Å². The van der Waals surface area contributed by atoms with Gasteiger partial charge in [0.2, 0.25) is 0 Å². The van der Waals surface area contributed by atoms with Crippen molar-refractivity contribution in [3.05, 3.63) is 87.9 Å². The minimum absolute atomic E-state index is 0.117. The number of aromatic carboxylic acids is 1. The molecule has 1 heterocycles. The molecule has 7 heteroatoms. The lowest BCUT2D eigenvalue weighted by Crippen LogP contribution is -2.70. The molecule has 4 rings (SSSR count). The molecule has 0 radical (unpaired) electrons. The summed E-state index contributed by atoms with van der Waals surface area (Å²) < 4.78 is 0. The van der Waals surface area contributed by atoms with Crippen molar-refractivity contribution in [3.63, 3.8) is 0 Å². The molecule has 3 aromatic carbocycles. The fraction of sp³-hybridized carbons (Fsp3) is 0. The van der Waals surface area contributed by atoms with Crippen LogP contribution in [0, 0.1) is 5.21 Å². The summed E-state index contributed by atoms with van der Waals surface area (Å²) in [5.74, 6) is -1.06. The van der Waals surface area contributed by atoms with Gasteiger partial charge in [-0.05, 0) is 24.3 Å². The van der Waals surface area contributed by atoms with Gasteiger partial charge in [-0.2, -0.15) is 0 Å². The maximum Gasteiger partial charge on any atom is 0.336 e. The van der Waals surface area contributed by atoms with E-state index in [2.05, 4.69) is 4.98 Å². The topological polar surface area (TPSA) is 89.9 Å². The fourth-order valence-electron chi connectivity index (χ4n) is 3.13. The Labute approximate surface area is 175 Å². The smallest absolute Gasteiger partial charge is 0.336 e. The van der Waals surface area contributed by atoms with Crippen LogP contribution < -0.4 is 5.48 Å². The van der Waals surface area contributed by atoms with E-state index in [1.165, 1.54) is 11.3 Å². The van der Waals surface area contributed by atoms with Crippen LogP contribution in [0.2, 0.25) is 5.02 Å². The highest BCUT2D eigenvalue weighted by molar-refractivity contribution is 7.13. The summed E-state index contributed by atoms with van der Waals surface area (Å²) in [4.78, 5) is 16.6. The summed E-state index contributed by atoms with van der Waals surface area (Å²) in [7, 11) is 0. The summed E-state index contributed by atoms with van der Waals surface area (Å²) >= 11 is 7.67. The van der Waals surface area contributed by atoms with Crippen LogP contribution in [0.3, 0.4) is 0 Å². The number of carboxylic acids is 1. The molecule has 5 nitrogen and oxygen atoms in total. The molecule has 0 aliphatic heterocycles. The maximum absolute atomic E-state index is 11.9. The van der Waals surface area contributed by atoms with E-state index in [1.807, 2.05) is 29.6 Å². The highest BCUT2D eigenvalue weighted by Crippen LogP contribution is 2.35. The van der Waals surface area contributed by atoms with E-state index in [0.717, 1.165) is 16.7 Å². The molecule has 0 spiro atoms. The molecular weight excluding hydrogens is 408 g/mol. The number of carboxylic acid groups (broad SMARTS) is 1. The molecule has 0 saturated heterocycles. The molecule has 0 bridgehead atoms. The SMILES string of the molecule is O=C(O)c1cc(-c2nc(-c3ccccc3Cl)cs2)ccc1-c1ccccc1[NH2+][O-]. The van der Waals surface area contributed by atoms with E-state index in [4.69, 9.17) is 11.6 Å². The van der Waals surface area contributed by atoms with E-state index in [0.29, 0.717) is 32.4 Å². The predicted octanol–water partition coefficient (Wildman–Crippen LogP) is 5.19. The van der Waals surface area contributed by atoms with Crippen LogP contribution in [0.15, 0.2) is 72.1 Å². The number of aromatic nitrogens is 1. The monoisotopic (exact) mass is 422 g/mol. The summed E-state index contributed by atoms with van der Waals surface area (Å²) in [6.45, 7) is 0. The summed E-state index contributed by atoms with van der Waals surface area (Å²) in [5.41, 5.74) is 4.62. The van der Waals surface area contributed by atoms with Crippen LogP contribution in [-0.2, 0) is 0 Å². The summed E-state index contributed by atoms with van der Waals surface area (Å²) in [5, 5.41) is 24.3.